The first-order valence-electron chi connectivity index (χ1n) is 9.34. The van der Waals surface area contributed by atoms with Crippen LogP contribution in [0.3, 0.4) is 0 Å². The average Bonchev–Trinajstić information content (AvgIpc) is 3.00. The van der Waals surface area contributed by atoms with Crippen molar-refractivity contribution in [3.63, 3.8) is 0 Å². The van der Waals surface area contributed by atoms with E-state index < -0.39 is 0 Å². The molecule has 1 unspecified atom stereocenters. The molecule has 6 heteroatoms. The van der Waals surface area contributed by atoms with Crippen LogP contribution >= 0.6 is 0 Å². The second-order valence-electron chi connectivity index (χ2n) is 7.09. The highest BCUT2D eigenvalue weighted by atomic mass is 16.5. The lowest BCUT2D eigenvalue weighted by atomic mass is 10.1. The summed E-state index contributed by atoms with van der Waals surface area (Å²) < 4.78 is 5.38. The van der Waals surface area contributed by atoms with E-state index in [9.17, 15) is 9.59 Å². The Labute approximate surface area is 156 Å². The Balaban J connectivity index is 1.97. The van der Waals surface area contributed by atoms with Crippen LogP contribution in [-0.2, 0) is 9.59 Å². The van der Waals surface area contributed by atoms with Crippen molar-refractivity contribution in [3.05, 3.63) is 23.8 Å². The normalized spacial score (nSPS) is 17.3. The minimum absolute atomic E-state index is 0.0357. The predicted molar refractivity (Wildman–Crippen MR) is 104 cm³/mol. The molecule has 0 bridgehead atoms. The van der Waals surface area contributed by atoms with Gasteiger partial charge in [0.1, 0.15) is 5.75 Å². The molecule has 1 heterocycles. The Hall–Kier alpha value is -2.08. The van der Waals surface area contributed by atoms with Crippen LogP contribution in [0.4, 0.5) is 5.69 Å². The van der Waals surface area contributed by atoms with Crippen LogP contribution in [0.1, 0.15) is 32.8 Å². The Kier molecular flexibility index (Phi) is 7.03. The zero-order valence-electron chi connectivity index (χ0n) is 16.5. The van der Waals surface area contributed by atoms with Crippen LogP contribution < -0.4 is 15.0 Å². The van der Waals surface area contributed by atoms with Gasteiger partial charge in [0.25, 0.3) is 0 Å². The minimum atomic E-state index is -0.318. The number of methoxy groups -OCH3 is 1. The van der Waals surface area contributed by atoms with Gasteiger partial charge in [-0.1, -0.05) is 13.0 Å². The molecule has 26 heavy (non-hydrogen) atoms. The van der Waals surface area contributed by atoms with Crippen molar-refractivity contribution in [1.29, 1.82) is 0 Å². The zero-order chi connectivity index (χ0) is 19.3. The van der Waals surface area contributed by atoms with Gasteiger partial charge in [-0.05, 0) is 45.0 Å². The third kappa shape index (κ3) is 4.75. The number of ether oxygens (including phenoxy) is 1. The van der Waals surface area contributed by atoms with Gasteiger partial charge in [-0.15, -0.1) is 0 Å². The summed E-state index contributed by atoms with van der Waals surface area (Å²) in [6, 6.07) is 6.19. The molecule has 0 saturated carbocycles. The molecule has 144 valence electrons. The molecule has 6 nitrogen and oxygen atoms in total. The maximum atomic E-state index is 12.5. The molecule has 1 N–H and O–H groups in total. The quantitative estimate of drug-likeness (QED) is 0.771. The topological polar surface area (TPSA) is 61.9 Å². The highest BCUT2D eigenvalue weighted by Crippen LogP contribution is 2.33. The first-order valence-corrected chi connectivity index (χ1v) is 9.34. The number of likely N-dealkylation sites (N-methyl/N-ethyl adjacent to an activating group) is 1. The van der Waals surface area contributed by atoms with Gasteiger partial charge < -0.3 is 15.0 Å². The summed E-state index contributed by atoms with van der Waals surface area (Å²) in [4.78, 5) is 28.9. The molecule has 1 atom stereocenters. The summed E-state index contributed by atoms with van der Waals surface area (Å²) in [7, 11) is 1.59. The number of carbonyl (C=O) groups excluding carboxylic acids is 2. The molecule has 1 aliphatic rings. The minimum Gasteiger partial charge on any atom is -0.495 e. The van der Waals surface area contributed by atoms with Gasteiger partial charge in [0.15, 0.2) is 0 Å². The van der Waals surface area contributed by atoms with Crippen molar-refractivity contribution in [2.24, 2.45) is 5.92 Å². The highest BCUT2D eigenvalue weighted by Gasteiger charge is 2.36. The van der Waals surface area contributed by atoms with Crippen LogP contribution in [0.15, 0.2) is 18.2 Å². The second kappa shape index (κ2) is 9.03. The van der Waals surface area contributed by atoms with E-state index >= 15 is 0 Å². The maximum absolute atomic E-state index is 12.5. The summed E-state index contributed by atoms with van der Waals surface area (Å²) in [6.45, 7) is 11.1. The monoisotopic (exact) mass is 361 g/mol. The number of nitrogens with zero attached hydrogens (tertiary/aromatic N) is 2. The third-order valence-corrected chi connectivity index (χ3v) is 4.96. The van der Waals surface area contributed by atoms with E-state index in [1.165, 1.54) is 0 Å². The van der Waals surface area contributed by atoms with Gasteiger partial charge in [0.2, 0.25) is 11.8 Å². The number of hydrogen-bond acceptors (Lipinski definition) is 4. The lowest BCUT2D eigenvalue weighted by Crippen LogP contribution is -2.40. The zero-order valence-corrected chi connectivity index (χ0v) is 16.5. The average molecular weight is 361 g/mol. The van der Waals surface area contributed by atoms with Gasteiger partial charge in [-0.25, -0.2) is 0 Å². The molecule has 1 aromatic rings. The molecular formula is C20H31N3O3. The summed E-state index contributed by atoms with van der Waals surface area (Å²) in [5, 5.41) is 2.99. The molecule has 0 spiro atoms. The van der Waals surface area contributed by atoms with E-state index in [0.717, 1.165) is 24.3 Å². The van der Waals surface area contributed by atoms with Crippen molar-refractivity contribution in [3.8, 4) is 5.75 Å². The molecule has 1 aromatic carbocycles. The van der Waals surface area contributed by atoms with Crippen LogP contribution in [0.2, 0.25) is 0 Å². The number of carbonyl (C=O) groups is 2. The molecule has 1 fully saturated rings. The van der Waals surface area contributed by atoms with Crippen molar-refractivity contribution in [2.75, 3.05) is 38.2 Å². The SMILES string of the molecule is CCN(CCNC(=O)C1CC(=O)N(c2cc(C)ccc2OC)C1)C(C)C. The fourth-order valence-electron chi connectivity index (χ4n) is 3.38. The maximum Gasteiger partial charge on any atom is 0.227 e. The van der Waals surface area contributed by atoms with Crippen molar-refractivity contribution in [2.45, 2.75) is 40.2 Å². The number of nitrogens with one attached hydrogen (secondary N) is 1. The summed E-state index contributed by atoms with van der Waals surface area (Å²) >= 11 is 0. The van der Waals surface area contributed by atoms with Crippen molar-refractivity contribution < 1.29 is 14.3 Å². The van der Waals surface area contributed by atoms with E-state index in [4.69, 9.17) is 4.74 Å². The lowest BCUT2D eigenvalue weighted by Gasteiger charge is -2.25. The summed E-state index contributed by atoms with van der Waals surface area (Å²) in [5.74, 6) is 0.251. The van der Waals surface area contributed by atoms with Crippen LogP contribution in [-0.4, -0.2) is 56.0 Å². The van der Waals surface area contributed by atoms with E-state index in [-0.39, 0.29) is 24.2 Å². The van der Waals surface area contributed by atoms with E-state index in [1.807, 2.05) is 25.1 Å². The van der Waals surface area contributed by atoms with E-state index in [0.29, 0.717) is 24.9 Å². The van der Waals surface area contributed by atoms with E-state index in [2.05, 4.69) is 31.0 Å². The van der Waals surface area contributed by atoms with E-state index in [1.54, 1.807) is 12.0 Å². The van der Waals surface area contributed by atoms with Crippen molar-refractivity contribution >= 4 is 17.5 Å². The molecule has 1 aliphatic heterocycles. The van der Waals surface area contributed by atoms with Gasteiger partial charge in [0, 0.05) is 32.1 Å². The first kappa shape index (κ1) is 20.2. The van der Waals surface area contributed by atoms with Gasteiger partial charge >= 0.3 is 0 Å². The largest absolute Gasteiger partial charge is 0.495 e. The standard InChI is InChI=1S/C20H31N3O3/c1-6-22(14(2)3)10-9-21-20(25)16-12-19(24)23(13-16)17-11-15(4)7-8-18(17)26-5/h7-8,11,14,16H,6,9-10,12-13H2,1-5H3,(H,21,25). The van der Waals surface area contributed by atoms with Crippen LogP contribution in [0.25, 0.3) is 0 Å². The Bertz CT molecular complexity index is 645. The molecule has 1 saturated heterocycles. The number of aryl methyl sites for hydroxylation is 1. The first-order chi connectivity index (χ1) is 12.4. The van der Waals surface area contributed by atoms with Crippen LogP contribution in [0.5, 0.6) is 5.75 Å². The number of anilines is 1. The third-order valence-electron chi connectivity index (χ3n) is 4.96. The smallest absolute Gasteiger partial charge is 0.227 e. The number of benzene rings is 1. The number of hydrogen-bond donors (Lipinski definition) is 1. The van der Waals surface area contributed by atoms with Crippen molar-refractivity contribution in [1.82, 2.24) is 10.2 Å². The Morgan fingerprint density at radius 1 is 1.42 bits per heavy atom. The van der Waals surface area contributed by atoms with Gasteiger partial charge in [-0.2, -0.15) is 0 Å². The number of rotatable bonds is 8. The Morgan fingerprint density at radius 2 is 2.15 bits per heavy atom. The molecule has 2 amide bonds. The lowest BCUT2D eigenvalue weighted by molar-refractivity contribution is -0.126. The van der Waals surface area contributed by atoms with Crippen LogP contribution in [0, 0.1) is 12.8 Å². The summed E-state index contributed by atoms with van der Waals surface area (Å²) in [5.41, 5.74) is 1.79. The molecular weight excluding hydrogens is 330 g/mol. The second-order valence-corrected chi connectivity index (χ2v) is 7.09. The molecule has 0 radical (unpaired) electrons. The fourth-order valence-corrected chi connectivity index (χ4v) is 3.38. The molecule has 0 aromatic heterocycles. The van der Waals surface area contributed by atoms with Gasteiger partial charge in [-0.3, -0.25) is 14.5 Å². The molecule has 0 aliphatic carbocycles. The van der Waals surface area contributed by atoms with Gasteiger partial charge in [0.05, 0.1) is 18.7 Å². The number of amides is 2. The molecule has 2 rings (SSSR count). The predicted octanol–water partition coefficient (Wildman–Crippen LogP) is 2.20. The highest BCUT2D eigenvalue weighted by molar-refractivity contribution is 6.01. The fraction of sp³-hybridized carbons (Fsp3) is 0.600. The Morgan fingerprint density at radius 3 is 2.77 bits per heavy atom. The summed E-state index contributed by atoms with van der Waals surface area (Å²) in [6.07, 6.45) is 0.241.